The summed E-state index contributed by atoms with van der Waals surface area (Å²) >= 11 is 0. The van der Waals surface area contributed by atoms with E-state index in [1.807, 2.05) is 0 Å². The first kappa shape index (κ1) is 12.2. The second kappa shape index (κ2) is 4.95. The van der Waals surface area contributed by atoms with E-state index in [1.165, 1.54) is 24.3 Å². The number of non-ortho nitro benzene ring substituents is 1. The summed E-state index contributed by atoms with van der Waals surface area (Å²) in [6.45, 7) is -0.115. The molecule has 0 saturated heterocycles. The summed E-state index contributed by atoms with van der Waals surface area (Å²) in [5, 5.41) is 13.1. The second-order valence-electron chi connectivity index (χ2n) is 4.22. The minimum atomic E-state index is -0.556. The van der Waals surface area contributed by atoms with Crippen LogP contribution in [0.4, 0.5) is 5.69 Å². The lowest BCUT2D eigenvalue weighted by molar-refractivity contribution is -0.384. The Balaban J connectivity index is 1.97. The van der Waals surface area contributed by atoms with Crippen molar-refractivity contribution in [3.63, 3.8) is 0 Å². The normalized spacial score (nSPS) is 14.0. The van der Waals surface area contributed by atoms with Crippen molar-refractivity contribution in [3.05, 3.63) is 39.9 Å². The van der Waals surface area contributed by atoms with Crippen LogP contribution in [0.15, 0.2) is 24.3 Å². The number of benzene rings is 1. The van der Waals surface area contributed by atoms with Gasteiger partial charge in [0.05, 0.1) is 11.5 Å². The van der Waals surface area contributed by atoms with E-state index in [4.69, 9.17) is 0 Å². The SMILES string of the molecule is O=C(CNC(=O)C1CC1)c1cccc([N+](=O)[O-])c1. The van der Waals surface area contributed by atoms with Gasteiger partial charge in [-0.1, -0.05) is 12.1 Å². The number of nitrogens with one attached hydrogen (secondary N) is 1. The predicted octanol–water partition coefficient (Wildman–Crippen LogP) is 1.30. The van der Waals surface area contributed by atoms with Gasteiger partial charge in [-0.25, -0.2) is 0 Å². The van der Waals surface area contributed by atoms with Crippen LogP contribution >= 0.6 is 0 Å². The molecule has 0 atom stereocenters. The van der Waals surface area contributed by atoms with E-state index in [0.717, 1.165) is 12.8 Å². The molecule has 1 fully saturated rings. The van der Waals surface area contributed by atoms with Crippen molar-refractivity contribution >= 4 is 17.4 Å². The molecule has 6 nitrogen and oxygen atoms in total. The summed E-state index contributed by atoms with van der Waals surface area (Å²) in [5.41, 5.74) is 0.106. The van der Waals surface area contributed by atoms with E-state index in [9.17, 15) is 19.7 Å². The Kier molecular flexibility index (Phi) is 3.36. The molecule has 1 saturated carbocycles. The third kappa shape index (κ3) is 2.91. The molecule has 1 aliphatic carbocycles. The highest BCUT2D eigenvalue weighted by molar-refractivity contribution is 6.00. The molecule has 0 spiro atoms. The van der Waals surface area contributed by atoms with Gasteiger partial charge in [-0.05, 0) is 12.8 Å². The van der Waals surface area contributed by atoms with Crippen LogP contribution < -0.4 is 5.32 Å². The number of Topliss-reactive ketones (excluding diaryl/α,β-unsaturated/α-hetero) is 1. The number of nitro groups is 1. The zero-order valence-electron chi connectivity index (χ0n) is 9.59. The lowest BCUT2D eigenvalue weighted by Gasteiger charge is -2.03. The molecule has 0 radical (unpaired) electrons. The van der Waals surface area contributed by atoms with Gasteiger partial charge in [0.1, 0.15) is 0 Å². The zero-order valence-corrected chi connectivity index (χ0v) is 9.59. The summed E-state index contributed by atoms with van der Waals surface area (Å²) in [4.78, 5) is 33.1. The molecular formula is C12H12N2O4. The third-order valence-corrected chi connectivity index (χ3v) is 2.75. The summed E-state index contributed by atoms with van der Waals surface area (Å²) in [5.74, 6) is -0.399. The fourth-order valence-corrected chi connectivity index (χ4v) is 1.55. The van der Waals surface area contributed by atoms with E-state index in [-0.39, 0.29) is 35.4 Å². The van der Waals surface area contributed by atoms with Crippen LogP contribution in [-0.4, -0.2) is 23.2 Å². The monoisotopic (exact) mass is 248 g/mol. The van der Waals surface area contributed by atoms with Gasteiger partial charge in [-0.3, -0.25) is 19.7 Å². The van der Waals surface area contributed by atoms with Crippen molar-refractivity contribution in [3.8, 4) is 0 Å². The predicted molar refractivity (Wildman–Crippen MR) is 63.2 cm³/mol. The van der Waals surface area contributed by atoms with Crippen LogP contribution in [0.3, 0.4) is 0 Å². The molecule has 2 rings (SSSR count). The Morgan fingerprint density at radius 2 is 2.11 bits per heavy atom. The van der Waals surface area contributed by atoms with E-state index < -0.39 is 4.92 Å². The van der Waals surface area contributed by atoms with Gasteiger partial charge in [0, 0.05) is 23.6 Å². The number of carbonyl (C=O) groups is 2. The number of nitrogens with zero attached hydrogens (tertiary/aromatic N) is 1. The highest BCUT2D eigenvalue weighted by Crippen LogP contribution is 2.28. The average Bonchev–Trinajstić information content (AvgIpc) is 3.20. The zero-order chi connectivity index (χ0) is 13.1. The number of rotatable bonds is 5. The summed E-state index contributed by atoms with van der Waals surface area (Å²) in [7, 11) is 0. The molecule has 18 heavy (non-hydrogen) atoms. The minimum absolute atomic E-state index is 0.0444. The van der Waals surface area contributed by atoms with E-state index in [0.29, 0.717) is 0 Å². The van der Waals surface area contributed by atoms with Crippen molar-refractivity contribution in [2.75, 3.05) is 6.54 Å². The molecule has 0 unspecified atom stereocenters. The van der Waals surface area contributed by atoms with Crippen molar-refractivity contribution in [2.24, 2.45) is 5.92 Å². The van der Waals surface area contributed by atoms with Gasteiger partial charge in [0.25, 0.3) is 5.69 Å². The molecule has 1 aromatic rings. The van der Waals surface area contributed by atoms with Gasteiger partial charge in [-0.2, -0.15) is 0 Å². The number of carbonyl (C=O) groups excluding carboxylic acids is 2. The van der Waals surface area contributed by atoms with Gasteiger partial charge < -0.3 is 5.32 Å². The Hall–Kier alpha value is -2.24. The molecule has 1 aliphatic rings. The average molecular weight is 248 g/mol. The van der Waals surface area contributed by atoms with E-state index in [2.05, 4.69) is 5.32 Å². The van der Waals surface area contributed by atoms with Crippen molar-refractivity contribution in [2.45, 2.75) is 12.8 Å². The quantitative estimate of drug-likeness (QED) is 0.483. The highest BCUT2D eigenvalue weighted by atomic mass is 16.6. The number of amides is 1. The Morgan fingerprint density at radius 3 is 2.72 bits per heavy atom. The number of hydrogen-bond donors (Lipinski definition) is 1. The maximum atomic E-state index is 11.7. The van der Waals surface area contributed by atoms with Crippen LogP contribution in [0.5, 0.6) is 0 Å². The summed E-state index contributed by atoms with van der Waals surface area (Å²) in [6, 6.07) is 5.48. The topological polar surface area (TPSA) is 89.3 Å². The molecule has 1 aromatic carbocycles. The molecule has 0 heterocycles. The number of nitro benzene ring substituents is 1. The Morgan fingerprint density at radius 1 is 1.39 bits per heavy atom. The molecule has 0 bridgehead atoms. The molecule has 1 N–H and O–H groups in total. The maximum Gasteiger partial charge on any atom is 0.270 e. The van der Waals surface area contributed by atoms with Crippen LogP contribution in [0, 0.1) is 16.0 Å². The molecule has 94 valence electrons. The lowest BCUT2D eigenvalue weighted by atomic mass is 10.1. The molecule has 0 aromatic heterocycles. The smallest absolute Gasteiger partial charge is 0.270 e. The van der Waals surface area contributed by atoms with Crippen molar-refractivity contribution in [1.29, 1.82) is 0 Å². The van der Waals surface area contributed by atoms with Gasteiger partial charge in [0.15, 0.2) is 5.78 Å². The van der Waals surface area contributed by atoms with Gasteiger partial charge >= 0.3 is 0 Å². The molecule has 0 aliphatic heterocycles. The fourth-order valence-electron chi connectivity index (χ4n) is 1.55. The fraction of sp³-hybridized carbons (Fsp3) is 0.333. The maximum absolute atomic E-state index is 11.7. The first-order chi connectivity index (χ1) is 8.58. The summed E-state index contributed by atoms with van der Waals surface area (Å²) < 4.78 is 0. The van der Waals surface area contributed by atoms with Gasteiger partial charge in [0.2, 0.25) is 5.91 Å². The Bertz CT molecular complexity index is 509. The van der Waals surface area contributed by atoms with E-state index in [1.54, 1.807) is 0 Å². The van der Waals surface area contributed by atoms with Crippen molar-refractivity contribution < 1.29 is 14.5 Å². The Labute approximate surface area is 103 Å². The van der Waals surface area contributed by atoms with Crippen LogP contribution in [-0.2, 0) is 4.79 Å². The minimum Gasteiger partial charge on any atom is -0.348 e. The van der Waals surface area contributed by atoms with Crippen molar-refractivity contribution in [1.82, 2.24) is 5.32 Å². The molecule has 1 amide bonds. The number of hydrogen-bond acceptors (Lipinski definition) is 4. The van der Waals surface area contributed by atoms with Crippen LogP contribution in [0.25, 0.3) is 0 Å². The van der Waals surface area contributed by atoms with Crippen LogP contribution in [0.1, 0.15) is 23.2 Å². The first-order valence-corrected chi connectivity index (χ1v) is 5.63. The summed E-state index contributed by atoms with van der Waals surface area (Å²) in [6.07, 6.45) is 1.74. The standard InChI is InChI=1S/C12H12N2O4/c15-11(7-13-12(16)8-4-5-8)9-2-1-3-10(6-9)14(17)18/h1-3,6,8H,4-5,7H2,(H,13,16). The molecular weight excluding hydrogens is 236 g/mol. The largest absolute Gasteiger partial charge is 0.348 e. The highest BCUT2D eigenvalue weighted by Gasteiger charge is 2.29. The molecule has 6 heteroatoms. The van der Waals surface area contributed by atoms with Crippen LogP contribution in [0.2, 0.25) is 0 Å². The lowest BCUT2D eigenvalue weighted by Crippen LogP contribution is -2.30. The van der Waals surface area contributed by atoms with Gasteiger partial charge in [-0.15, -0.1) is 0 Å². The first-order valence-electron chi connectivity index (χ1n) is 5.63. The van der Waals surface area contributed by atoms with E-state index >= 15 is 0 Å². The second-order valence-corrected chi connectivity index (χ2v) is 4.22. The number of ketones is 1. The third-order valence-electron chi connectivity index (χ3n) is 2.75.